The number of rotatable bonds is 2. The zero-order valence-electron chi connectivity index (χ0n) is 13.6. The highest BCUT2D eigenvalue weighted by Crippen LogP contribution is 2.29. The first-order valence-corrected chi connectivity index (χ1v) is 9.11. The van der Waals surface area contributed by atoms with Crippen molar-refractivity contribution in [3.63, 3.8) is 0 Å². The molecule has 0 fully saturated rings. The summed E-state index contributed by atoms with van der Waals surface area (Å²) in [5, 5.41) is 23.4. The molecule has 0 bridgehead atoms. The molecule has 0 spiro atoms. The van der Waals surface area contributed by atoms with E-state index in [1.807, 2.05) is 12.1 Å². The van der Waals surface area contributed by atoms with Gasteiger partial charge in [0.2, 0.25) is 5.84 Å². The second-order valence-electron chi connectivity index (χ2n) is 5.88. The van der Waals surface area contributed by atoms with E-state index in [1.54, 1.807) is 48.2 Å². The Morgan fingerprint density at radius 1 is 0.917 bits per heavy atom. The molecule has 4 nitrogen and oxygen atoms in total. The molecule has 0 atom stereocenters. The zero-order valence-corrected chi connectivity index (χ0v) is 14.4. The van der Waals surface area contributed by atoms with E-state index in [0.717, 1.165) is 9.79 Å². The van der Waals surface area contributed by atoms with Crippen molar-refractivity contribution in [3.8, 4) is 11.5 Å². The predicted molar refractivity (Wildman–Crippen MR) is 95.0 cm³/mol. The lowest BCUT2D eigenvalue weighted by Crippen LogP contribution is -2.36. The highest BCUT2D eigenvalue weighted by atomic mass is 32.2. The summed E-state index contributed by atoms with van der Waals surface area (Å²) in [7, 11) is 0. The lowest BCUT2D eigenvalue weighted by Gasteiger charge is -2.09. The van der Waals surface area contributed by atoms with E-state index in [0.29, 0.717) is 0 Å². The third kappa shape index (κ3) is 4.68. The Kier molecular flexibility index (Phi) is 5.64. The Bertz CT molecular complexity index is 637. The largest absolute Gasteiger partial charge is 0.872 e. The number of aromatic hydroxyl groups is 1. The minimum atomic E-state index is 0.0186. The van der Waals surface area contributed by atoms with Crippen LogP contribution in [-0.4, -0.2) is 35.2 Å². The summed E-state index contributed by atoms with van der Waals surface area (Å²) in [5.74, 6) is 1.78. The van der Waals surface area contributed by atoms with Gasteiger partial charge in [-0.3, -0.25) is 9.89 Å². The Hall–Kier alpha value is -2.14. The Balaban J connectivity index is 0.000000159. The van der Waals surface area contributed by atoms with E-state index in [1.165, 1.54) is 44.7 Å². The van der Waals surface area contributed by atoms with Crippen LogP contribution in [0.25, 0.3) is 0 Å². The summed E-state index contributed by atoms with van der Waals surface area (Å²) < 4.78 is 2.48. The van der Waals surface area contributed by atoms with Crippen molar-refractivity contribution in [1.82, 2.24) is 5.32 Å². The quantitative estimate of drug-likeness (QED) is 0.824. The van der Waals surface area contributed by atoms with Crippen LogP contribution in [0.1, 0.15) is 19.3 Å². The van der Waals surface area contributed by atoms with Crippen LogP contribution in [0.15, 0.2) is 58.3 Å². The van der Waals surface area contributed by atoms with Gasteiger partial charge in [0, 0.05) is 16.2 Å². The van der Waals surface area contributed by atoms with Crippen molar-refractivity contribution in [2.45, 2.75) is 29.1 Å². The highest BCUT2D eigenvalue weighted by molar-refractivity contribution is 7.99. The molecule has 0 saturated carbocycles. The van der Waals surface area contributed by atoms with Crippen LogP contribution in [0.2, 0.25) is 0 Å². The van der Waals surface area contributed by atoms with Gasteiger partial charge in [-0.05, 0) is 42.8 Å². The molecule has 0 radical (unpaired) electrons. The minimum Gasteiger partial charge on any atom is -0.872 e. The molecule has 2 aliphatic heterocycles. The summed E-state index contributed by atoms with van der Waals surface area (Å²) in [4.78, 5) is 2.05. The average molecular weight is 342 g/mol. The van der Waals surface area contributed by atoms with E-state index in [9.17, 15) is 5.11 Å². The van der Waals surface area contributed by atoms with Crippen molar-refractivity contribution in [3.05, 3.63) is 48.5 Å². The molecule has 2 heterocycles. The molecule has 0 aromatic heterocycles. The van der Waals surface area contributed by atoms with Crippen LogP contribution in [0, 0.1) is 0 Å². The van der Waals surface area contributed by atoms with Gasteiger partial charge in [0.25, 0.3) is 0 Å². The smallest absolute Gasteiger partial charge is 0.244 e. The molecular formula is C19H22N2O2S. The maximum absolute atomic E-state index is 10.9. The fourth-order valence-corrected chi connectivity index (χ4v) is 3.65. The topological polar surface area (TPSA) is 58.3 Å². The molecule has 2 N–H and O–H groups in total. The molecule has 2 aromatic rings. The minimum absolute atomic E-state index is 0.0186. The van der Waals surface area contributed by atoms with E-state index >= 15 is 0 Å². The summed E-state index contributed by atoms with van der Waals surface area (Å²) in [5.41, 5.74) is 0. The number of phenolic OH excluding ortho intramolecular Hbond substituents is 1. The van der Waals surface area contributed by atoms with Gasteiger partial charge in [-0.2, -0.15) is 0 Å². The standard InChI is InChI=1S/C12H10O2S.C7H12N2/c13-9-1-5-11(6-2-9)15-12-7-3-10(14)4-8-12;1-3-7-8-4-2-6-9(7)5-1/h1-8,13-14H;1-6H2. The number of phenols is 1. The van der Waals surface area contributed by atoms with Crippen LogP contribution in [0.5, 0.6) is 11.5 Å². The van der Waals surface area contributed by atoms with Crippen LogP contribution < -0.4 is 10.4 Å². The molecule has 24 heavy (non-hydrogen) atoms. The van der Waals surface area contributed by atoms with Gasteiger partial charge in [-0.1, -0.05) is 23.9 Å². The molecule has 0 aliphatic carbocycles. The summed E-state index contributed by atoms with van der Waals surface area (Å²) in [6.45, 7) is 3.79. The maximum Gasteiger partial charge on any atom is 0.244 e. The number of nitrogens with one attached hydrogen (secondary N) is 1. The summed E-state index contributed by atoms with van der Waals surface area (Å²) >= 11 is 1.55. The zero-order chi connectivity index (χ0) is 16.8. The normalized spacial score (nSPS) is 16.0. The second-order valence-corrected chi connectivity index (χ2v) is 7.03. The molecule has 5 heteroatoms. The third-order valence-electron chi connectivity index (χ3n) is 4.05. The monoisotopic (exact) mass is 342 g/mol. The molecule has 0 saturated heterocycles. The Morgan fingerprint density at radius 3 is 2.21 bits per heavy atom. The Labute approximate surface area is 146 Å². The fraction of sp³-hybridized carbons (Fsp3) is 0.316. The molecular weight excluding hydrogens is 320 g/mol. The molecule has 4 rings (SSSR count). The lowest BCUT2D eigenvalue weighted by atomic mass is 10.3. The lowest BCUT2D eigenvalue weighted by molar-refractivity contribution is -0.525. The third-order valence-corrected chi connectivity index (χ3v) is 5.07. The van der Waals surface area contributed by atoms with Crippen molar-refractivity contribution in [2.24, 2.45) is 0 Å². The summed E-state index contributed by atoms with van der Waals surface area (Å²) in [6.07, 6.45) is 3.98. The molecule has 2 aromatic carbocycles. The van der Waals surface area contributed by atoms with Gasteiger partial charge < -0.3 is 10.2 Å². The van der Waals surface area contributed by atoms with Crippen LogP contribution in [-0.2, 0) is 0 Å². The first kappa shape index (κ1) is 16.7. The molecule has 0 amide bonds. The van der Waals surface area contributed by atoms with Crippen molar-refractivity contribution in [2.75, 3.05) is 19.6 Å². The number of amidine groups is 1. The van der Waals surface area contributed by atoms with Gasteiger partial charge in [0.1, 0.15) is 5.75 Å². The van der Waals surface area contributed by atoms with Crippen molar-refractivity contribution >= 4 is 17.6 Å². The number of hydrogen-bond donors (Lipinski definition) is 2. The summed E-state index contributed by atoms with van der Waals surface area (Å²) in [6, 6.07) is 13.6. The molecule has 126 valence electrons. The van der Waals surface area contributed by atoms with Gasteiger partial charge >= 0.3 is 0 Å². The van der Waals surface area contributed by atoms with Gasteiger partial charge in [-0.25, -0.2) is 0 Å². The van der Waals surface area contributed by atoms with E-state index in [-0.39, 0.29) is 11.5 Å². The number of benzene rings is 2. The average Bonchev–Trinajstić information content (AvgIpc) is 3.08. The Morgan fingerprint density at radius 2 is 1.54 bits per heavy atom. The van der Waals surface area contributed by atoms with Gasteiger partial charge in [-0.15, -0.1) is 5.75 Å². The first-order valence-electron chi connectivity index (χ1n) is 8.29. The van der Waals surface area contributed by atoms with Crippen LogP contribution in [0.4, 0.5) is 0 Å². The van der Waals surface area contributed by atoms with E-state index in [4.69, 9.17) is 5.11 Å². The SMILES string of the molecule is C1CNC2=[N+](C1)CCC2.[O-]c1ccc(Sc2ccc(O)cc2)cc1. The number of nitrogens with zero attached hydrogens (tertiary/aromatic N) is 1. The number of hydrogen-bond acceptors (Lipinski definition) is 4. The molecule has 2 aliphatic rings. The van der Waals surface area contributed by atoms with Crippen LogP contribution >= 0.6 is 11.8 Å². The van der Waals surface area contributed by atoms with E-state index in [2.05, 4.69) is 9.89 Å². The maximum atomic E-state index is 10.9. The van der Waals surface area contributed by atoms with Gasteiger partial charge in [0.05, 0.1) is 26.1 Å². The highest BCUT2D eigenvalue weighted by Gasteiger charge is 2.22. The fourth-order valence-electron chi connectivity index (χ4n) is 2.84. The molecule has 0 unspecified atom stereocenters. The second kappa shape index (κ2) is 8.11. The first-order chi connectivity index (χ1) is 11.7. The predicted octanol–water partition coefficient (Wildman–Crippen LogP) is 2.80. The van der Waals surface area contributed by atoms with Crippen molar-refractivity contribution in [1.29, 1.82) is 0 Å². The van der Waals surface area contributed by atoms with Crippen molar-refractivity contribution < 1.29 is 14.8 Å². The van der Waals surface area contributed by atoms with Crippen LogP contribution in [0.3, 0.4) is 0 Å². The van der Waals surface area contributed by atoms with E-state index < -0.39 is 0 Å². The van der Waals surface area contributed by atoms with Gasteiger partial charge in [0.15, 0.2) is 0 Å².